The van der Waals surface area contributed by atoms with E-state index < -0.39 is 0 Å². The lowest BCUT2D eigenvalue weighted by atomic mass is 9.84. The fraction of sp³-hybridized carbons (Fsp3) is 0. The Kier molecular flexibility index (Phi) is 5.11. The maximum Gasteiger partial charge on any atom is 0.0361 e. The van der Waals surface area contributed by atoms with Gasteiger partial charge in [-0.2, -0.15) is 0 Å². The zero-order valence-electron chi connectivity index (χ0n) is 21.3. The quantitative estimate of drug-likeness (QED) is 0.207. The smallest absolute Gasteiger partial charge is 0.0361 e. The predicted molar refractivity (Wildman–Crippen MR) is 171 cm³/mol. The van der Waals surface area contributed by atoms with Crippen LogP contribution in [-0.4, -0.2) is 0 Å². The Morgan fingerprint density at radius 1 is 0.333 bits per heavy atom. The summed E-state index contributed by atoms with van der Waals surface area (Å²) >= 11 is 1.88. The van der Waals surface area contributed by atoms with E-state index in [4.69, 9.17) is 0 Å². The summed E-state index contributed by atoms with van der Waals surface area (Å²) < 4.78 is 2.67. The van der Waals surface area contributed by atoms with Gasteiger partial charge < -0.3 is 0 Å². The fourth-order valence-corrected chi connectivity index (χ4v) is 7.33. The number of hydrogen-bond acceptors (Lipinski definition) is 1. The molecule has 0 saturated heterocycles. The highest BCUT2D eigenvalue weighted by molar-refractivity contribution is 7.25. The van der Waals surface area contributed by atoms with Gasteiger partial charge in [-0.3, -0.25) is 0 Å². The van der Waals surface area contributed by atoms with Gasteiger partial charge in [0.2, 0.25) is 0 Å². The van der Waals surface area contributed by atoms with Crippen molar-refractivity contribution in [1.29, 1.82) is 0 Å². The summed E-state index contributed by atoms with van der Waals surface area (Å²) in [6.45, 7) is 0. The molecule has 8 aromatic rings. The lowest BCUT2D eigenvalue weighted by molar-refractivity contribution is 1.61. The molecule has 0 aliphatic rings. The molecule has 0 N–H and O–H groups in total. The SMILES string of the molecule is c1ccc(-c2cccc(-c3c4ccccc4c(-c4cccc5sc6ccccc6c45)c4ccccc34)c2)cc1. The highest BCUT2D eigenvalue weighted by Gasteiger charge is 2.19. The van der Waals surface area contributed by atoms with Gasteiger partial charge in [0.15, 0.2) is 0 Å². The van der Waals surface area contributed by atoms with E-state index in [1.807, 2.05) is 11.3 Å². The minimum absolute atomic E-state index is 1.24. The molecular formula is C38H24S. The molecule has 0 aliphatic carbocycles. The molecule has 1 heterocycles. The number of fused-ring (bicyclic) bond motifs is 5. The highest BCUT2D eigenvalue weighted by Crippen LogP contribution is 2.47. The second kappa shape index (κ2) is 8.94. The van der Waals surface area contributed by atoms with Crippen LogP contribution in [0.2, 0.25) is 0 Å². The van der Waals surface area contributed by atoms with Crippen molar-refractivity contribution in [2.45, 2.75) is 0 Å². The van der Waals surface area contributed by atoms with Gasteiger partial charge in [-0.15, -0.1) is 11.3 Å². The first-order valence-electron chi connectivity index (χ1n) is 13.4. The van der Waals surface area contributed by atoms with Gasteiger partial charge in [-0.25, -0.2) is 0 Å². The largest absolute Gasteiger partial charge is 0.135 e. The lowest BCUT2D eigenvalue weighted by Crippen LogP contribution is -1.91. The van der Waals surface area contributed by atoms with Crippen molar-refractivity contribution in [3.8, 4) is 33.4 Å². The molecule has 8 rings (SSSR count). The summed E-state index contributed by atoms with van der Waals surface area (Å²) in [5.74, 6) is 0. The fourth-order valence-electron chi connectivity index (χ4n) is 6.20. The van der Waals surface area contributed by atoms with Gasteiger partial charge >= 0.3 is 0 Å². The summed E-state index contributed by atoms with van der Waals surface area (Å²) in [7, 11) is 0. The standard InChI is InChI=1S/C38H24S/c1-2-12-25(13-3-1)26-14-10-15-27(24-26)36-28-16-4-6-18-30(28)37(31-19-7-5-17-29(31)36)33-21-11-23-35-38(33)32-20-8-9-22-34(32)39-35/h1-24H. The monoisotopic (exact) mass is 512 g/mol. The second-order valence-corrected chi connectivity index (χ2v) is 11.1. The number of benzene rings is 7. The van der Waals surface area contributed by atoms with Crippen molar-refractivity contribution < 1.29 is 0 Å². The van der Waals surface area contributed by atoms with Crippen molar-refractivity contribution in [3.63, 3.8) is 0 Å². The third-order valence-corrected chi connectivity index (χ3v) is 9.00. The summed E-state index contributed by atoms with van der Waals surface area (Å²) in [5, 5.41) is 7.84. The number of hydrogen-bond donors (Lipinski definition) is 0. The summed E-state index contributed by atoms with van der Waals surface area (Å²) in [5.41, 5.74) is 7.64. The normalized spacial score (nSPS) is 11.6. The first kappa shape index (κ1) is 22.3. The van der Waals surface area contributed by atoms with E-state index in [-0.39, 0.29) is 0 Å². The molecule has 0 nitrogen and oxygen atoms in total. The molecule has 7 aromatic carbocycles. The van der Waals surface area contributed by atoms with E-state index in [2.05, 4.69) is 146 Å². The van der Waals surface area contributed by atoms with E-state index in [0.717, 1.165) is 0 Å². The summed E-state index contributed by atoms with van der Waals surface area (Å²) in [6, 6.07) is 53.1. The molecule has 1 aromatic heterocycles. The molecule has 1 heteroatoms. The third kappa shape index (κ3) is 3.51. The molecule has 0 saturated carbocycles. The molecule has 0 unspecified atom stereocenters. The van der Waals surface area contributed by atoms with E-state index in [0.29, 0.717) is 0 Å². The number of rotatable bonds is 3. The van der Waals surface area contributed by atoms with E-state index in [1.54, 1.807) is 0 Å². The maximum atomic E-state index is 2.34. The van der Waals surface area contributed by atoms with Gasteiger partial charge in [0.05, 0.1) is 0 Å². The average molecular weight is 513 g/mol. The van der Waals surface area contributed by atoms with Gasteiger partial charge in [0, 0.05) is 20.2 Å². The van der Waals surface area contributed by atoms with Crippen LogP contribution in [0.4, 0.5) is 0 Å². The van der Waals surface area contributed by atoms with Crippen molar-refractivity contribution in [3.05, 3.63) is 146 Å². The molecule has 0 amide bonds. The van der Waals surface area contributed by atoms with E-state index >= 15 is 0 Å². The minimum atomic E-state index is 1.24. The van der Waals surface area contributed by atoms with E-state index in [9.17, 15) is 0 Å². The molecule has 0 spiro atoms. The molecule has 0 aliphatic heterocycles. The Morgan fingerprint density at radius 2 is 0.846 bits per heavy atom. The molecule has 182 valence electrons. The van der Waals surface area contributed by atoms with Crippen LogP contribution in [0.25, 0.3) is 75.1 Å². The Hall–Kier alpha value is -4.72. The Labute approximate surface area is 231 Å². The highest BCUT2D eigenvalue weighted by atomic mass is 32.1. The predicted octanol–water partition coefficient (Wildman–Crippen LogP) is 11.4. The van der Waals surface area contributed by atoms with Crippen LogP contribution in [0.1, 0.15) is 0 Å². The lowest BCUT2D eigenvalue weighted by Gasteiger charge is -2.19. The zero-order chi connectivity index (χ0) is 25.8. The molecule has 0 radical (unpaired) electrons. The van der Waals surface area contributed by atoms with Crippen LogP contribution in [0.3, 0.4) is 0 Å². The number of thiophene rings is 1. The summed E-state index contributed by atoms with van der Waals surface area (Å²) in [6.07, 6.45) is 0. The van der Waals surface area contributed by atoms with Gasteiger partial charge in [0.1, 0.15) is 0 Å². The molecule has 39 heavy (non-hydrogen) atoms. The minimum Gasteiger partial charge on any atom is -0.135 e. The topological polar surface area (TPSA) is 0 Å². The Bertz CT molecular complexity index is 2110. The molecule has 0 bridgehead atoms. The van der Waals surface area contributed by atoms with Crippen LogP contribution in [0, 0.1) is 0 Å². The van der Waals surface area contributed by atoms with Crippen LogP contribution in [0.15, 0.2) is 146 Å². The van der Waals surface area contributed by atoms with Crippen molar-refractivity contribution >= 4 is 53.1 Å². The van der Waals surface area contributed by atoms with Crippen LogP contribution < -0.4 is 0 Å². The first-order valence-corrected chi connectivity index (χ1v) is 14.2. The van der Waals surface area contributed by atoms with Crippen molar-refractivity contribution in [2.24, 2.45) is 0 Å². The Balaban J connectivity index is 1.49. The van der Waals surface area contributed by atoms with E-state index in [1.165, 1.54) is 75.1 Å². The third-order valence-electron chi connectivity index (χ3n) is 7.86. The van der Waals surface area contributed by atoms with Crippen LogP contribution in [0.5, 0.6) is 0 Å². The van der Waals surface area contributed by atoms with Gasteiger partial charge in [-0.05, 0) is 73.1 Å². The van der Waals surface area contributed by atoms with Gasteiger partial charge in [0.25, 0.3) is 0 Å². The Morgan fingerprint density at radius 3 is 1.56 bits per heavy atom. The second-order valence-electron chi connectivity index (χ2n) is 10.1. The maximum absolute atomic E-state index is 2.34. The molecule has 0 atom stereocenters. The molecule has 0 fully saturated rings. The van der Waals surface area contributed by atoms with Crippen LogP contribution >= 0.6 is 11.3 Å². The average Bonchev–Trinajstić information content (AvgIpc) is 3.39. The van der Waals surface area contributed by atoms with Crippen LogP contribution in [-0.2, 0) is 0 Å². The summed E-state index contributed by atoms with van der Waals surface area (Å²) in [4.78, 5) is 0. The van der Waals surface area contributed by atoms with Gasteiger partial charge in [-0.1, -0.05) is 127 Å². The van der Waals surface area contributed by atoms with Crippen molar-refractivity contribution in [1.82, 2.24) is 0 Å². The zero-order valence-corrected chi connectivity index (χ0v) is 22.1. The molecular weight excluding hydrogens is 488 g/mol. The first-order chi connectivity index (χ1) is 19.4. The van der Waals surface area contributed by atoms with Crippen molar-refractivity contribution in [2.75, 3.05) is 0 Å².